The van der Waals surface area contributed by atoms with Gasteiger partial charge in [-0.05, 0) is 19.1 Å². The minimum Gasteiger partial charge on any atom is -0.330 e. The van der Waals surface area contributed by atoms with Gasteiger partial charge in [0.25, 0.3) is 0 Å². The van der Waals surface area contributed by atoms with Crippen LogP contribution in [0.4, 0.5) is 0 Å². The normalized spacial score (nSPS) is 27.7. The minimum absolute atomic E-state index is 0.663. The lowest BCUT2D eigenvalue weighted by atomic mass is 10.1. The quantitative estimate of drug-likeness (QED) is 0.845. The van der Waals surface area contributed by atoms with Crippen molar-refractivity contribution in [3.05, 3.63) is 33.8 Å². The van der Waals surface area contributed by atoms with Crippen molar-refractivity contribution >= 4 is 23.2 Å². The monoisotopic (exact) mass is 287 g/mol. The van der Waals surface area contributed by atoms with Crippen molar-refractivity contribution in [2.75, 3.05) is 26.2 Å². The van der Waals surface area contributed by atoms with Crippen LogP contribution in [0.15, 0.2) is 18.2 Å². The summed E-state index contributed by atoms with van der Waals surface area (Å²) in [5.74, 6) is 0.663. The Balaban J connectivity index is 2.16. The van der Waals surface area contributed by atoms with Gasteiger partial charge >= 0.3 is 0 Å². The van der Waals surface area contributed by atoms with Gasteiger partial charge in [0.15, 0.2) is 0 Å². The number of hydrogen-bond acceptors (Lipinski definition) is 1. The molecule has 4 heteroatoms. The van der Waals surface area contributed by atoms with Crippen LogP contribution in [0.2, 0.25) is 10.0 Å². The molecule has 1 aliphatic rings. The summed E-state index contributed by atoms with van der Waals surface area (Å²) >= 11 is 12.2. The molecule has 18 heavy (non-hydrogen) atoms. The molecule has 0 bridgehead atoms. The molecule has 0 radical (unpaired) electrons. The molecule has 1 aromatic rings. The average molecular weight is 288 g/mol. The topological polar surface area (TPSA) is 26.0 Å². The van der Waals surface area contributed by atoms with Crippen molar-refractivity contribution in [1.82, 2.24) is 0 Å². The zero-order chi connectivity index (χ0) is 13.2. The van der Waals surface area contributed by atoms with E-state index in [0.29, 0.717) is 10.9 Å². The summed E-state index contributed by atoms with van der Waals surface area (Å²) in [6.45, 7) is 7.55. The van der Waals surface area contributed by atoms with Crippen LogP contribution in [0.25, 0.3) is 0 Å². The van der Waals surface area contributed by atoms with Crippen LogP contribution in [0, 0.1) is 5.92 Å². The van der Waals surface area contributed by atoms with E-state index in [1.165, 1.54) is 25.1 Å². The van der Waals surface area contributed by atoms with E-state index in [4.69, 9.17) is 28.9 Å². The number of hydrogen-bond donors (Lipinski definition) is 1. The number of benzene rings is 1. The molecule has 1 aromatic carbocycles. The fourth-order valence-corrected chi connectivity index (χ4v) is 3.40. The van der Waals surface area contributed by atoms with Crippen molar-refractivity contribution in [3.8, 4) is 0 Å². The Bertz CT molecular complexity index is 422. The third kappa shape index (κ3) is 3.00. The lowest BCUT2D eigenvalue weighted by molar-refractivity contribution is -0.929. The van der Waals surface area contributed by atoms with E-state index in [0.717, 1.165) is 29.1 Å². The smallest absolute Gasteiger partial charge is 0.106 e. The molecule has 2 rings (SSSR count). The van der Waals surface area contributed by atoms with E-state index in [9.17, 15) is 0 Å². The molecule has 0 aliphatic carbocycles. The Hall–Kier alpha value is -0.280. The maximum atomic E-state index is 6.28. The molecular weight excluding hydrogens is 267 g/mol. The highest BCUT2D eigenvalue weighted by atomic mass is 35.5. The van der Waals surface area contributed by atoms with E-state index >= 15 is 0 Å². The molecule has 1 fully saturated rings. The third-order valence-electron chi connectivity index (χ3n) is 4.18. The predicted octanol–water partition coefficient (Wildman–Crippen LogP) is 3.31. The van der Waals surface area contributed by atoms with Gasteiger partial charge in [0, 0.05) is 29.5 Å². The van der Waals surface area contributed by atoms with E-state index in [2.05, 4.69) is 13.0 Å². The van der Waals surface area contributed by atoms with Crippen LogP contribution >= 0.6 is 23.2 Å². The molecule has 0 aromatic heterocycles. The van der Waals surface area contributed by atoms with E-state index in [1.807, 2.05) is 12.1 Å². The first-order valence-corrected chi connectivity index (χ1v) is 7.33. The number of quaternary nitrogens is 1. The summed E-state index contributed by atoms with van der Waals surface area (Å²) in [5, 5.41) is 1.48. The molecule has 0 saturated carbocycles. The number of nitrogens with zero attached hydrogens (tertiary/aromatic N) is 1. The summed E-state index contributed by atoms with van der Waals surface area (Å²) in [6, 6.07) is 5.81. The lowest BCUT2D eigenvalue weighted by Crippen LogP contribution is -2.45. The highest BCUT2D eigenvalue weighted by Crippen LogP contribution is 2.30. The first-order valence-electron chi connectivity index (χ1n) is 6.57. The number of likely N-dealkylation sites (tertiary alicyclic amines) is 1. The van der Waals surface area contributed by atoms with Crippen molar-refractivity contribution in [2.45, 2.75) is 19.9 Å². The summed E-state index contributed by atoms with van der Waals surface area (Å²) < 4.78 is 1.10. The van der Waals surface area contributed by atoms with Crippen LogP contribution < -0.4 is 5.73 Å². The molecule has 0 spiro atoms. The second kappa shape index (κ2) is 5.79. The van der Waals surface area contributed by atoms with Gasteiger partial charge in [-0.25, -0.2) is 0 Å². The Morgan fingerprint density at radius 2 is 2.17 bits per heavy atom. The van der Waals surface area contributed by atoms with E-state index < -0.39 is 0 Å². The molecule has 2 nitrogen and oxygen atoms in total. The Labute approximate surface area is 119 Å². The Morgan fingerprint density at radius 3 is 2.72 bits per heavy atom. The fourth-order valence-electron chi connectivity index (χ4n) is 2.93. The summed E-state index contributed by atoms with van der Waals surface area (Å²) in [6.07, 6.45) is 1.23. The summed E-state index contributed by atoms with van der Waals surface area (Å²) in [4.78, 5) is 0. The van der Waals surface area contributed by atoms with Crippen molar-refractivity contribution in [3.63, 3.8) is 0 Å². The van der Waals surface area contributed by atoms with E-state index in [1.54, 1.807) is 0 Å². The molecule has 1 aliphatic heterocycles. The molecule has 100 valence electrons. The average Bonchev–Trinajstić information content (AvgIpc) is 2.77. The maximum absolute atomic E-state index is 6.28. The first kappa shape index (κ1) is 14.1. The van der Waals surface area contributed by atoms with Gasteiger partial charge in [0.05, 0.1) is 24.7 Å². The molecule has 1 saturated heterocycles. The van der Waals surface area contributed by atoms with Crippen LogP contribution in [-0.2, 0) is 6.54 Å². The van der Waals surface area contributed by atoms with Gasteiger partial charge in [0.1, 0.15) is 6.54 Å². The zero-order valence-electron chi connectivity index (χ0n) is 10.8. The van der Waals surface area contributed by atoms with Crippen LogP contribution in [-0.4, -0.2) is 30.7 Å². The highest BCUT2D eigenvalue weighted by molar-refractivity contribution is 6.35. The minimum atomic E-state index is 0.663. The standard InChI is InChI=1S/C14H21Cl2N2/c1-2-18(6-5-11(8-17)9-18)10-12-3-4-13(15)7-14(12)16/h3-4,7,11H,2,5-6,8-10,17H2,1H3/q+1/t11-,18?/m0/s1. The van der Waals surface area contributed by atoms with Crippen LogP contribution in [0.1, 0.15) is 18.9 Å². The van der Waals surface area contributed by atoms with Gasteiger partial charge in [-0.3, -0.25) is 0 Å². The molecule has 2 atom stereocenters. The predicted molar refractivity (Wildman–Crippen MR) is 77.9 cm³/mol. The zero-order valence-corrected chi connectivity index (χ0v) is 12.3. The third-order valence-corrected chi connectivity index (χ3v) is 4.77. The molecular formula is C14H21Cl2N2+. The summed E-state index contributed by atoms with van der Waals surface area (Å²) in [5.41, 5.74) is 6.99. The lowest BCUT2D eigenvalue weighted by Gasteiger charge is -2.34. The van der Waals surface area contributed by atoms with Crippen LogP contribution in [0.3, 0.4) is 0 Å². The summed E-state index contributed by atoms with van der Waals surface area (Å²) in [7, 11) is 0. The Kier molecular flexibility index (Phi) is 4.54. The van der Waals surface area contributed by atoms with Crippen molar-refractivity contribution in [2.24, 2.45) is 11.7 Å². The molecule has 1 unspecified atom stereocenters. The van der Waals surface area contributed by atoms with Crippen LogP contribution in [0.5, 0.6) is 0 Å². The fraction of sp³-hybridized carbons (Fsp3) is 0.571. The SMILES string of the molecule is CC[N+]1(Cc2ccc(Cl)cc2Cl)CC[C@@H](CN)C1. The molecule has 1 heterocycles. The van der Waals surface area contributed by atoms with Crippen molar-refractivity contribution in [1.29, 1.82) is 0 Å². The molecule has 0 amide bonds. The second-order valence-corrected chi connectivity index (χ2v) is 6.19. The van der Waals surface area contributed by atoms with Crippen molar-refractivity contribution < 1.29 is 4.48 Å². The van der Waals surface area contributed by atoms with Gasteiger partial charge < -0.3 is 10.2 Å². The van der Waals surface area contributed by atoms with Gasteiger partial charge in [-0.2, -0.15) is 0 Å². The Morgan fingerprint density at radius 1 is 1.39 bits per heavy atom. The molecule has 2 N–H and O–H groups in total. The van der Waals surface area contributed by atoms with E-state index in [-0.39, 0.29) is 0 Å². The maximum Gasteiger partial charge on any atom is 0.106 e. The number of rotatable bonds is 4. The number of nitrogens with two attached hydrogens (primary N) is 1. The van der Waals surface area contributed by atoms with Gasteiger partial charge in [-0.15, -0.1) is 0 Å². The largest absolute Gasteiger partial charge is 0.330 e. The van der Waals surface area contributed by atoms with Gasteiger partial charge in [-0.1, -0.05) is 29.3 Å². The second-order valence-electron chi connectivity index (χ2n) is 5.35. The number of halogens is 2. The highest BCUT2D eigenvalue weighted by Gasteiger charge is 2.36. The first-order chi connectivity index (χ1) is 8.58. The van der Waals surface area contributed by atoms with Gasteiger partial charge in [0.2, 0.25) is 0 Å².